The van der Waals surface area contributed by atoms with E-state index in [-0.39, 0.29) is 0 Å². The van der Waals surface area contributed by atoms with Crippen molar-refractivity contribution in [3.8, 4) is 0 Å². The Morgan fingerprint density at radius 3 is 2.47 bits per heavy atom. The summed E-state index contributed by atoms with van der Waals surface area (Å²) in [5, 5.41) is 3.82. The van der Waals surface area contributed by atoms with Gasteiger partial charge < -0.3 is 5.32 Å². The van der Waals surface area contributed by atoms with Crippen LogP contribution in [0, 0.1) is 11.3 Å². The number of nitrogens with one attached hydrogen (secondary N) is 1. The maximum atomic E-state index is 3.82. The van der Waals surface area contributed by atoms with Crippen molar-refractivity contribution in [1.82, 2.24) is 5.32 Å². The summed E-state index contributed by atoms with van der Waals surface area (Å²) in [7, 11) is 0. The largest absolute Gasteiger partial charge is 0.307 e. The Morgan fingerprint density at radius 2 is 1.82 bits per heavy atom. The molecule has 1 nitrogen and oxygen atoms in total. The SMILES string of the molecule is CC(C)C(C)NC1c2ccccc2CC1(C)C. The van der Waals surface area contributed by atoms with Crippen LogP contribution in [0.5, 0.6) is 0 Å². The molecule has 2 atom stereocenters. The maximum Gasteiger partial charge on any atom is 0.0379 e. The van der Waals surface area contributed by atoms with Crippen molar-refractivity contribution in [3.63, 3.8) is 0 Å². The van der Waals surface area contributed by atoms with Crippen molar-refractivity contribution < 1.29 is 0 Å². The van der Waals surface area contributed by atoms with Gasteiger partial charge in [-0.3, -0.25) is 0 Å². The molecular formula is C16H25N. The fourth-order valence-corrected chi connectivity index (χ4v) is 2.76. The number of hydrogen-bond acceptors (Lipinski definition) is 1. The standard InChI is InChI=1S/C16H25N/c1-11(2)12(3)17-15-14-9-7-6-8-13(14)10-16(15,4)5/h6-9,11-12,15,17H,10H2,1-5H3. The van der Waals surface area contributed by atoms with Gasteiger partial charge in [-0.05, 0) is 35.8 Å². The number of benzene rings is 1. The van der Waals surface area contributed by atoms with Crippen LogP contribution in [0.4, 0.5) is 0 Å². The first-order chi connectivity index (χ1) is 7.92. The lowest BCUT2D eigenvalue weighted by atomic mass is 9.84. The molecule has 0 heterocycles. The van der Waals surface area contributed by atoms with Gasteiger partial charge in [-0.1, -0.05) is 52.0 Å². The Kier molecular flexibility index (Phi) is 3.31. The summed E-state index contributed by atoms with van der Waals surface area (Å²) in [6, 6.07) is 9.94. The first kappa shape index (κ1) is 12.6. The minimum Gasteiger partial charge on any atom is -0.307 e. The lowest BCUT2D eigenvalue weighted by Gasteiger charge is -2.32. The highest BCUT2D eigenvalue weighted by molar-refractivity contribution is 5.37. The van der Waals surface area contributed by atoms with E-state index in [4.69, 9.17) is 0 Å². The van der Waals surface area contributed by atoms with Crippen LogP contribution >= 0.6 is 0 Å². The Labute approximate surface area is 106 Å². The van der Waals surface area contributed by atoms with E-state index < -0.39 is 0 Å². The van der Waals surface area contributed by atoms with E-state index in [0.29, 0.717) is 23.4 Å². The predicted octanol–water partition coefficient (Wildman–Crippen LogP) is 3.94. The molecule has 0 spiro atoms. The molecule has 17 heavy (non-hydrogen) atoms. The summed E-state index contributed by atoms with van der Waals surface area (Å²) in [6.45, 7) is 11.6. The number of rotatable bonds is 3. The lowest BCUT2D eigenvalue weighted by molar-refractivity contribution is 0.234. The molecule has 0 bridgehead atoms. The second kappa shape index (κ2) is 4.45. The van der Waals surface area contributed by atoms with Gasteiger partial charge in [-0.2, -0.15) is 0 Å². The van der Waals surface area contributed by atoms with Crippen molar-refractivity contribution in [3.05, 3.63) is 35.4 Å². The van der Waals surface area contributed by atoms with E-state index in [0.717, 1.165) is 0 Å². The van der Waals surface area contributed by atoms with Crippen LogP contribution in [0.15, 0.2) is 24.3 Å². The molecule has 0 amide bonds. The van der Waals surface area contributed by atoms with Gasteiger partial charge in [0.05, 0.1) is 0 Å². The van der Waals surface area contributed by atoms with Gasteiger partial charge >= 0.3 is 0 Å². The van der Waals surface area contributed by atoms with Gasteiger partial charge in [0, 0.05) is 12.1 Å². The highest BCUT2D eigenvalue weighted by atomic mass is 15.0. The maximum absolute atomic E-state index is 3.82. The summed E-state index contributed by atoms with van der Waals surface area (Å²) < 4.78 is 0. The Bertz CT molecular complexity index is 392. The minimum absolute atomic E-state index is 0.326. The summed E-state index contributed by atoms with van der Waals surface area (Å²) in [6.07, 6.45) is 1.19. The van der Waals surface area contributed by atoms with Gasteiger partial charge in [0.25, 0.3) is 0 Å². The van der Waals surface area contributed by atoms with Crippen LogP contribution in [0.3, 0.4) is 0 Å². The number of hydrogen-bond donors (Lipinski definition) is 1. The molecule has 1 aromatic rings. The molecule has 94 valence electrons. The summed E-state index contributed by atoms with van der Waals surface area (Å²) in [5.41, 5.74) is 3.35. The van der Waals surface area contributed by atoms with E-state index in [1.165, 1.54) is 17.5 Å². The molecule has 0 aliphatic heterocycles. The van der Waals surface area contributed by atoms with E-state index in [1.807, 2.05) is 0 Å². The molecular weight excluding hydrogens is 206 g/mol. The fraction of sp³-hybridized carbons (Fsp3) is 0.625. The molecule has 1 aromatic carbocycles. The highest BCUT2D eigenvalue weighted by Gasteiger charge is 2.39. The Hall–Kier alpha value is -0.820. The van der Waals surface area contributed by atoms with Gasteiger partial charge in [0.2, 0.25) is 0 Å². The summed E-state index contributed by atoms with van der Waals surface area (Å²) in [5.74, 6) is 0.679. The van der Waals surface area contributed by atoms with Crippen LogP contribution in [-0.4, -0.2) is 6.04 Å². The summed E-state index contributed by atoms with van der Waals surface area (Å²) in [4.78, 5) is 0. The lowest BCUT2D eigenvalue weighted by Crippen LogP contribution is -2.39. The van der Waals surface area contributed by atoms with E-state index in [9.17, 15) is 0 Å². The van der Waals surface area contributed by atoms with Crippen molar-refractivity contribution >= 4 is 0 Å². The monoisotopic (exact) mass is 231 g/mol. The van der Waals surface area contributed by atoms with Crippen molar-refractivity contribution in [1.29, 1.82) is 0 Å². The quantitative estimate of drug-likeness (QED) is 0.830. The zero-order valence-electron chi connectivity index (χ0n) is 11.7. The smallest absolute Gasteiger partial charge is 0.0379 e. The highest BCUT2D eigenvalue weighted by Crippen LogP contribution is 2.45. The molecule has 0 saturated carbocycles. The first-order valence-corrected chi connectivity index (χ1v) is 6.75. The Balaban J connectivity index is 2.26. The van der Waals surface area contributed by atoms with Crippen LogP contribution in [0.1, 0.15) is 51.8 Å². The fourth-order valence-electron chi connectivity index (χ4n) is 2.76. The predicted molar refractivity (Wildman–Crippen MR) is 74.1 cm³/mol. The van der Waals surface area contributed by atoms with Crippen LogP contribution in [0.2, 0.25) is 0 Å². The van der Waals surface area contributed by atoms with Crippen LogP contribution in [0.25, 0.3) is 0 Å². The third-order valence-corrected chi connectivity index (χ3v) is 4.22. The molecule has 2 rings (SSSR count). The second-order valence-electron chi connectivity index (χ2n) is 6.50. The van der Waals surface area contributed by atoms with Gasteiger partial charge in [-0.15, -0.1) is 0 Å². The molecule has 2 unspecified atom stereocenters. The van der Waals surface area contributed by atoms with Gasteiger partial charge in [0.15, 0.2) is 0 Å². The topological polar surface area (TPSA) is 12.0 Å². The molecule has 1 aliphatic carbocycles. The van der Waals surface area contributed by atoms with Crippen LogP contribution < -0.4 is 5.32 Å². The average Bonchev–Trinajstić information content (AvgIpc) is 2.50. The third kappa shape index (κ3) is 2.40. The first-order valence-electron chi connectivity index (χ1n) is 6.75. The molecule has 1 aliphatic rings. The minimum atomic E-state index is 0.326. The molecule has 1 N–H and O–H groups in total. The molecule has 0 saturated heterocycles. The third-order valence-electron chi connectivity index (χ3n) is 4.22. The van der Waals surface area contributed by atoms with Crippen molar-refractivity contribution in [2.75, 3.05) is 0 Å². The van der Waals surface area contributed by atoms with Crippen molar-refractivity contribution in [2.24, 2.45) is 11.3 Å². The molecule has 0 radical (unpaired) electrons. The zero-order chi connectivity index (χ0) is 12.6. The van der Waals surface area contributed by atoms with Crippen LogP contribution in [-0.2, 0) is 6.42 Å². The molecule has 0 aromatic heterocycles. The zero-order valence-corrected chi connectivity index (χ0v) is 11.7. The summed E-state index contributed by atoms with van der Waals surface area (Å²) >= 11 is 0. The van der Waals surface area contributed by atoms with Crippen molar-refractivity contribution in [2.45, 2.75) is 53.1 Å². The molecule has 0 fully saturated rings. The Morgan fingerprint density at radius 1 is 1.18 bits per heavy atom. The normalized spacial score (nSPS) is 23.8. The number of fused-ring (bicyclic) bond motifs is 1. The average molecular weight is 231 g/mol. The second-order valence-corrected chi connectivity index (χ2v) is 6.50. The van der Waals surface area contributed by atoms with E-state index in [1.54, 1.807) is 0 Å². The van der Waals surface area contributed by atoms with Gasteiger partial charge in [-0.25, -0.2) is 0 Å². The van der Waals surface area contributed by atoms with Gasteiger partial charge in [0.1, 0.15) is 0 Å². The van der Waals surface area contributed by atoms with E-state index in [2.05, 4.69) is 64.2 Å². The van der Waals surface area contributed by atoms with E-state index >= 15 is 0 Å². The molecule has 1 heteroatoms.